The van der Waals surface area contributed by atoms with Gasteiger partial charge in [-0.05, 0) is 0 Å². The van der Waals surface area contributed by atoms with Crippen LogP contribution in [-0.4, -0.2) is 18.2 Å². The lowest BCUT2D eigenvalue weighted by Crippen LogP contribution is -2.11. The van der Waals surface area contributed by atoms with Crippen molar-refractivity contribution in [2.24, 2.45) is 0 Å². The lowest BCUT2D eigenvalue weighted by Gasteiger charge is -2.14. The Hall–Kier alpha value is -2.06. The topological polar surface area (TPSA) is 78.4 Å². The van der Waals surface area contributed by atoms with E-state index < -0.39 is 40.5 Å². The molecule has 1 aromatic carbocycles. The second-order valence-corrected chi connectivity index (χ2v) is 3.55. The predicted molar refractivity (Wildman–Crippen MR) is 58.6 cm³/mol. The largest absolute Gasteiger partial charge is 0.493 e. The molecular formula is C10H10F4N2O3. The molecule has 0 spiro atoms. The van der Waals surface area contributed by atoms with Crippen LogP contribution in [0.25, 0.3) is 0 Å². The Labute approximate surface area is 105 Å². The van der Waals surface area contributed by atoms with Gasteiger partial charge in [-0.3, -0.25) is 14.5 Å². The van der Waals surface area contributed by atoms with Crippen molar-refractivity contribution in [1.29, 1.82) is 0 Å². The Kier molecular flexibility index (Phi) is 4.52. The molecule has 0 radical (unpaired) electrons. The van der Waals surface area contributed by atoms with Crippen molar-refractivity contribution in [2.45, 2.75) is 12.6 Å². The fourth-order valence-corrected chi connectivity index (χ4v) is 1.32. The van der Waals surface area contributed by atoms with Crippen molar-refractivity contribution in [2.75, 3.05) is 19.0 Å². The molecule has 0 heterocycles. The monoisotopic (exact) mass is 282 g/mol. The smallest absolute Gasteiger partial charge is 0.420 e. The van der Waals surface area contributed by atoms with Crippen LogP contribution in [0.15, 0.2) is 12.1 Å². The number of hydrogen-bond acceptors (Lipinski definition) is 4. The van der Waals surface area contributed by atoms with Gasteiger partial charge >= 0.3 is 6.18 Å². The van der Waals surface area contributed by atoms with E-state index in [2.05, 4.69) is 0 Å². The van der Waals surface area contributed by atoms with Crippen LogP contribution in [0.4, 0.5) is 28.9 Å². The average molecular weight is 282 g/mol. The number of nitrogen functional groups attached to an aromatic ring is 1. The first-order valence-electron chi connectivity index (χ1n) is 5.11. The summed E-state index contributed by atoms with van der Waals surface area (Å²) in [6, 6.07) is 1.03. The highest BCUT2D eigenvalue weighted by Gasteiger charge is 2.37. The molecule has 1 rings (SSSR count). The standard InChI is InChI=1S/C10H10F4N2O3/c11-2-1-3-19-9-5-7(15)8(16(17)18)4-6(9)10(12,13)14/h4-5H,1-3,15H2. The number of rotatable bonds is 5. The normalized spacial score (nSPS) is 11.4. The summed E-state index contributed by atoms with van der Waals surface area (Å²) in [5.41, 5.74) is 2.66. The molecule has 0 aromatic heterocycles. The minimum absolute atomic E-state index is 0.0891. The number of nitro groups is 1. The van der Waals surface area contributed by atoms with Crippen LogP contribution in [-0.2, 0) is 6.18 Å². The SMILES string of the molecule is Nc1cc(OCCCF)c(C(F)(F)F)cc1[N+](=O)[O-]. The second-order valence-electron chi connectivity index (χ2n) is 3.55. The summed E-state index contributed by atoms with van der Waals surface area (Å²) in [6.45, 7) is -1.03. The van der Waals surface area contributed by atoms with E-state index in [4.69, 9.17) is 10.5 Å². The van der Waals surface area contributed by atoms with Crippen molar-refractivity contribution < 1.29 is 27.2 Å². The molecule has 106 valence electrons. The molecule has 0 aliphatic carbocycles. The zero-order chi connectivity index (χ0) is 14.6. The molecule has 0 unspecified atom stereocenters. The molecule has 0 saturated heterocycles. The highest BCUT2D eigenvalue weighted by atomic mass is 19.4. The summed E-state index contributed by atoms with van der Waals surface area (Å²) in [4.78, 5) is 9.52. The summed E-state index contributed by atoms with van der Waals surface area (Å²) in [5, 5.41) is 10.5. The summed E-state index contributed by atoms with van der Waals surface area (Å²) in [5.74, 6) is -0.649. The van der Waals surface area contributed by atoms with E-state index in [0.717, 1.165) is 6.07 Å². The molecule has 1 aromatic rings. The van der Waals surface area contributed by atoms with Crippen molar-refractivity contribution in [3.05, 3.63) is 27.8 Å². The van der Waals surface area contributed by atoms with Gasteiger partial charge in [-0.1, -0.05) is 0 Å². The van der Waals surface area contributed by atoms with Gasteiger partial charge in [0.15, 0.2) is 0 Å². The number of nitrogens with two attached hydrogens (primary N) is 1. The van der Waals surface area contributed by atoms with Gasteiger partial charge in [0, 0.05) is 18.6 Å². The molecule has 0 fully saturated rings. The average Bonchev–Trinajstić information content (AvgIpc) is 2.27. The number of ether oxygens (including phenoxy) is 1. The maximum absolute atomic E-state index is 12.7. The van der Waals surface area contributed by atoms with E-state index in [1.54, 1.807) is 0 Å². The van der Waals surface area contributed by atoms with Crippen molar-refractivity contribution >= 4 is 11.4 Å². The zero-order valence-electron chi connectivity index (χ0n) is 9.54. The Bertz CT molecular complexity index is 477. The van der Waals surface area contributed by atoms with Crippen LogP contribution in [0, 0.1) is 10.1 Å². The lowest BCUT2D eigenvalue weighted by molar-refractivity contribution is -0.384. The van der Waals surface area contributed by atoms with Gasteiger partial charge in [-0.25, -0.2) is 0 Å². The number of alkyl halides is 4. The van der Waals surface area contributed by atoms with Gasteiger partial charge in [0.1, 0.15) is 17.0 Å². The molecule has 0 atom stereocenters. The molecule has 9 heteroatoms. The highest BCUT2D eigenvalue weighted by molar-refractivity contribution is 5.64. The van der Waals surface area contributed by atoms with Crippen molar-refractivity contribution in [1.82, 2.24) is 0 Å². The van der Waals surface area contributed by atoms with Crippen LogP contribution >= 0.6 is 0 Å². The number of nitro benzene ring substituents is 1. The number of nitrogens with zero attached hydrogens (tertiary/aromatic N) is 1. The molecule has 0 amide bonds. The first kappa shape index (κ1) is 15.0. The maximum Gasteiger partial charge on any atom is 0.420 e. The lowest BCUT2D eigenvalue weighted by atomic mass is 10.1. The third-order valence-corrected chi connectivity index (χ3v) is 2.17. The molecule has 0 aliphatic rings. The van der Waals surface area contributed by atoms with Gasteiger partial charge in [0.05, 0.1) is 18.2 Å². The van der Waals surface area contributed by atoms with Gasteiger partial charge < -0.3 is 10.5 Å². The molecule has 19 heavy (non-hydrogen) atoms. The third-order valence-electron chi connectivity index (χ3n) is 2.17. The van der Waals surface area contributed by atoms with E-state index in [1.807, 2.05) is 0 Å². The minimum atomic E-state index is -4.83. The summed E-state index contributed by atoms with van der Waals surface area (Å²) in [7, 11) is 0. The third kappa shape index (κ3) is 3.70. The first-order valence-corrected chi connectivity index (χ1v) is 5.11. The van der Waals surface area contributed by atoms with E-state index in [0.29, 0.717) is 6.07 Å². The summed E-state index contributed by atoms with van der Waals surface area (Å²) < 4.78 is 54.8. The molecule has 0 aliphatic heterocycles. The van der Waals surface area contributed by atoms with Crippen LogP contribution in [0.1, 0.15) is 12.0 Å². The molecule has 5 nitrogen and oxygen atoms in total. The summed E-state index contributed by atoms with van der Waals surface area (Å²) >= 11 is 0. The maximum atomic E-state index is 12.7. The van der Waals surface area contributed by atoms with E-state index in [-0.39, 0.29) is 13.0 Å². The Balaban J connectivity index is 3.21. The van der Waals surface area contributed by atoms with Crippen molar-refractivity contribution in [3.63, 3.8) is 0 Å². The fourth-order valence-electron chi connectivity index (χ4n) is 1.32. The summed E-state index contributed by atoms with van der Waals surface area (Å²) in [6.07, 6.45) is -4.92. The van der Waals surface area contributed by atoms with Crippen LogP contribution in [0.2, 0.25) is 0 Å². The first-order chi connectivity index (χ1) is 8.77. The molecule has 0 bridgehead atoms. The van der Waals surface area contributed by atoms with Gasteiger partial charge in [-0.15, -0.1) is 0 Å². The predicted octanol–water partition coefficient (Wildman–Crippen LogP) is 2.93. The quantitative estimate of drug-likeness (QED) is 0.296. The van der Waals surface area contributed by atoms with E-state index >= 15 is 0 Å². The van der Waals surface area contributed by atoms with Crippen molar-refractivity contribution in [3.8, 4) is 5.75 Å². The number of hydrogen-bond donors (Lipinski definition) is 1. The van der Waals surface area contributed by atoms with Gasteiger partial charge in [-0.2, -0.15) is 13.2 Å². The highest BCUT2D eigenvalue weighted by Crippen LogP contribution is 2.40. The van der Waals surface area contributed by atoms with E-state index in [9.17, 15) is 27.7 Å². The van der Waals surface area contributed by atoms with Gasteiger partial charge in [0.2, 0.25) is 0 Å². The minimum Gasteiger partial charge on any atom is -0.493 e. The number of benzene rings is 1. The zero-order valence-corrected chi connectivity index (χ0v) is 9.54. The Morgan fingerprint density at radius 2 is 2.00 bits per heavy atom. The Morgan fingerprint density at radius 3 is 2.47 bits per heavy atom. The number of halogens is 4. The molecular weight excluding hydrogens is 272 g/mol. The fraction of sp³-hybridized carbons (Fsp3) is 0.400. The molecule has 0 saturated carbocycles. The Morgan fingerprint density at radius 1 is 1.37 bits per heavy atom. The van der Waals surface area contributed by atoms with E-state index in [1.165, 1.54) is 0 Å². The number of anilines is 1. The van der Waals surface area contributed by atoms with Gasteiger partial charge in [0.25, 0.3) is 5.69 Å². The molecule has 2 N–H and O–H groups in total. The van der Waals surface area contributed by atoms with Crippen LogP contribution in [0.3, 0.4) is 0 Å². The van der Waals surface area contributed by atoms with Crippen LogP contribution in [0.5, 0.6) is 5.75 Å². The van der Waals surface area contributed by atoms with Crippen LogP contribution < -0.4 is 10.5 Å². The second kappa shape index (κ2) is 5.72.